The number of likely N-dealkylation sites (tertiary alicyclic amines) is 1. The van der Waals surface area contributed by atoms with Crippen LogP contribution >= 0.6 is 22.6 Å². The number of nitrogens with zero attached hydrogens (tertiary/aromatic N) is 1. The molecule has 184 valence electrons. The third-order valence-corrected chi connectivity index (χ3v) is 7.40. The maximum absolute atomic E-state index is 9.83. The van der Waals surface area contributed by atoms with Crippen LogP contribution in [-0.4, -0.2) is 49.4 Å². The van der Waals surface area contributed by atoms with Crippen LogP contribution in [0.3, 0.4) is 0 Å². The van der Waals surface area contributed by atoms with Crippen molar-refractivity contribution in [2.75, 3.05) is 31.9 Å². The lowest BCUT2D eigenvalue weighted by molar-refractivity contribution is -0.910. The summed E-state index contributed by atoms with van der Waals surface area (Å²) in [5, 5.41) is 0. The molecule has 0 aromatic heterocycles. The van der Waals surface area contributed by atoms with Crippen molar-refractivity contribution in [2.45, 2.75) is 117 Å². The number of halogens is 1. The van der Waals surface area contributed by atoms with Crippen LogP contribution in [0.25, 0.3) is 0 Å². The maximum Gasteiger partial charge on any atom is 0.141 e. The van der Waals surface area contributed by atoms with Gasteiger partial charge in [-0.15, -0.1) is 0 Å². The highest BCUT2D eigenvalue weighted by Gasteiger charge is 2.30. The van der Waals surface area contributed by atoms with E-state index in [0.29, 0.717) is 6.42 Å². The van der Waals surface area contributed by atoms with Gasteiger partial charge in [0.25, 0.3) is 0 Å². The van der Waals surface area contributed by atoms with Crippen molar-refractivity contribution < 1.29 is 17.5 Å². The largest absolute Gasteiger partial charge is 0.748 e. The predicted molar refractivity (Wildman–Crippen MR) is 141 cm³/mol. The fraction of sp³-hybridized carbons (Fsp3) is 0.920. The molecule has 1 rings (SSSR count). The molecular weight excluding hydrogens is 521 g/mol. The molecule has 0 aromatic carbocycles. The van der Waals surface area contributed by atoms with Gasteiger partial charge < -0.3 is 9.04 Å². The lowest BCUT2D eigenvalue weighted by Crippen LogP contribution is -2.46. The predicted octanol–water partition coefficient (Wildman–Crippen LogP) is 7.03. The molecule has 1 saturated heterocycles. The topological polar surface area (TPSA) is 57.2 Å². The molecule has 31 heavy (non-hydrogen) atoms. The van der Waals surface area contributed by atoms with E-state index in [-0.39, 0.29) is 5.75 Å². The molecule has 0 aromatic rings. The van der Waals surface area contributed by atoms with Crippen LogP contribution in [0, 0.1) is 9.85 Å². The van der Waals surface area contributed by atoms with E-state index in [9.17, 15) is 13.0 Å². The van der Waals surface area contributed by atoms with Crippen LogP contribution < -0.4 is 0 Å². The Labute approximate surface area is 207 Å². The SMILES string of the molecule is CCCCCCCCCCCCCC[N+]1(CC#CI)CCCC1.CCCCS(=O)(=O)[O-]. The standard InChI is InChI=1S/C21H39IN.C4H10O3S/c1-2-3-4-5-6-7-8-9-10-11-12-13-18-23(21-16-17-22)19-14-15-20-23;1-2-3-4-8(5,6)7/h2-15,18-21H2,1H3;2-4H2,1H3,(H,5,6,7)/q+1;/p-1. The molecule has 1 fully saturated rings. The van der Waals surface area contributed by atoms with Crippen LogP contribution in [-0.2, 0) is 10.1 Å². The van der Waals surface area contributed by atoms with Gasteiger partial charge in [-0.2, -0.15) is 0 Å². The third-order valence-electron chi connectivity index (χ3n) is 6.23. The zero-order chi connectivity index (χ0) is 23.3. The van der Waals surface area contributed by atoms with E-state index < -0.39 is 10.1 Å². The van der Waals surface area contributed by atoms with Crippen molar-refractivity contribution in [1.82, 2.24) is 0 Å². The Balaban J connectivity index is 0.000000954. The van der Waals surface area contributed by atoms with Gasteiger partial charge in [-0.05, 0) is 29.1 Å². The highest BCUT2D eigenvalue weighted by atomic mass is 127. The van der Waals surface area contributed by atoms with Gasteiger partial charge in [0.1, 0.15) is 6.54 Å². The Kier molecular flexibility index (Phi) is 20.9. The first kappa shape index (κ1) is 31.2. The van der Waals surface area contributed by atoms with Gasteiger partial charge in [0.15, 0.2) is 0 Å². The highest BCUT2D eigenvalue weighted by molar-refractivity contribution is 14.1. The summed E-state index contributed by atoms with van der Waals surface area (Å²) in [6, 6.07) is 0. The van der Waals surface area contributed by atoms with Gasteiger partial charge in [-0.3, -0.25) is 0 Å². The number of hydrogen-bond acceptors (Lipinski definition) is 3. The molecule has 0 atom stereocenters. The van der Waals surface area contributed by atoms with Gasteiger partial charge in [-0.25, -0.2) is 8.42 Å². The monoisotopic (exact) mass is 569 g/mol. The van der Waals surface area contributed by atoms with E-state index in [4.69, 9.17) is 0 Å². The van der Waals surface area contributed by atoms with Crippen molar-refractivity contribution in [3.8, 4) is 9.85 Å². The van der Waals surface area contributed by atoms with Crippen LogP contribution in [0.15, 0.2) is 0 Å². The Morgan fingerprint density at radius 2 is 1.23 bits per heavy atom. The van der Waals surface area contributed by atoms with E-state index >= 15 is 0 Å². The zero-order valence-electron chi connectivity index (χ0n) is 20.3. The second-order valence-corrected chi connectivity index (χ2v) is 11.2. The van der Waals surface area contributed by atoms with Crippen molar-refractivity contribution in [3.63, 3.8) is 0 Å². The minimum absolute atomic E-state index is 0.219. The number of unbranched alkanes of at least 4 members (excludes halogenated alkanes) is 12. The summed E-state index contributed by atoms with van der Waals surface area (Å²) < 4.78 is 33.9. The van der Waals surface area contributed by atoms with E-state index in [1.165, 1.54) is 114 Å². The van der Waals surface area contributed by atoms with Gasteiger partial charge in [0.05, 0.1) is 29.8 Å². The lowest BCUT2D eigenvalue weighted by Gasteiger charge is -2.32. The second-order valence-electron chi connectivity index (χ2n) is 9.15. The summed E-state index contributed by atoms with van der Waals surface area (Å²) >= 11 is 2.19. The summed E-state index contributed by atoms with van der Waals surface area (Å²) in [5.74, 6) is 3.11. The smallest absolute Gasteiger partial charge is 0.141 e. The Morgan fingerprint density at radius 3 is 1.61 bits per heavy atom. The molecule has 1 aliphatic heterocycles. The van der Waals surface area contributed by atoms with Crippen molar-refractivity contribution in [1.29, 1.82) is 0 Å². The van der Waals surface area contributed by atoms with Crippen molar-refractivity contribution in [3.05, 3.63) is 0 Å². The Hall–Kier alpha value is 0.160. The average molecular weight is 570 g/mol. The van der Waals surface area contributed by atoms with Crippen LogP contribution in [0.1, 0.15) is 117 Å². The molecule has 0 bridgehead atoms. The first-order valence-corrected chi connectivity index (χ1v) is 15.4. The summed E-state index contributed by atoms with van der Waals surface area (Å²) in [4.78, 5) is 0. The minimum atomic E-state index is -3.94. The molecule has 0 N–H and O–H groups in total. The van der Waals surface area contributed by atoms with E-state index in [2.05, 4.69) is 39.4 Å². The van der Waals surface area contributed by atoms with E-state index in [0.717, 1.165) is 13.0 Å². The lowest BCUT2D eigenvalue weighted by atomic mass is 10.1. The normalized spacial score (nSPS) is 15.1. The molecule has 0 spiro atoms. The van der Waals surface area contributed by atoms with Gasteiger partial charge >= 0.3 is 0 Å². The fourth-order valence-electron chi connectivity index (χ4n) is 4.27. The zero-order valence-corrected chi connectivity index (χ0v) is 23.3. The Bertz CT molecular complexity index is 563. The minimum Gasteiger partial charge on any atom is -0.748 e. The van der Waals surface area contributed by atoms with Crippen LogP contribution in [0.5, 0.6) is 0 Å². The summed E-state index contributed by atoms with van der Waals surface area (Å²) in [7, 11) is -3.94. The van der Waals surface area contributed by atoms with Crippen LogP contribution in [0.4, 0.5) is 0 Å². The average Bonchev–Trinajstić information content (AvgIpc) is 3.20. The highest BCUT2D eigenvalue weighted by Crippen LogP contribution is 2.21. The molecular formula is C25H48INO3S. The Morgan fingerprint density at radius 1 is 0.774 bits per heavy atom. The van der Waals surface area contributed by atoms with Gasteiger partial charge in [0.2, 0.25) is 0 Å². The van der Waals surface area contributed by atoms with Gasteiger partial charge in [0, 0.05) is 41.2 Å². The number of rotatable bonds is 17. The number of hydrogen-bond donors (Lipinski definition) is 0. The molecule has 1 heterocycles. The summed E-state index contributed by atoms with van der Waals surface area (Å²) in [6.45, 7) is 9.37. The quantitative estimate of drug-likeness (QED) is 0.0622. The molecule has 0 aliphatic carbocycles. The first-order chi connectivity index (χ1) is 14.9. The molecule has 0 unspecified atom stereocenters. The molecule has 0 saturated carbocycles. The third kappa shape index (κ3) is 20.5. The summed E-state index contributed by atoms with van der Waals surface area (Å²) in [6.07, 6.45) is 21.4. The second kappa shape index (κ2) is 20.7. The molecule has 4 nitrogen and oxygen atoms in total. The number of quaternary nitrogens is 1. The van der Waals surface area contributed by atoms with Gasteiger partial charge in [-0.1, -0.05) is 84.5 Å². The van der Waals surface area contributed by atoms with Crippen molar-refractivity contribution in [2.24, 2.45) is 0 Å². The summed E-state index contributed by atoms with van der Waals surface area (Å²) in [5.41, 5.74) is 0. The maximum atomic E-state index is 9.83. The van der Waals surface area contributed by atoms with E-state index in [1.807, 2.05) is 6.92 Å². The molecule has 0 radical (unpaired) electrons. The fourth-order valence-corrected chi connectivity index (χ4v) is 5.09. The molecule has 1 aliphatic rings. The van der Waals surface area contributed by atoms with Crippen LogP contribution in [0.2, 0.25) is 0 Å². The first-order valence-electron chi connectivity index (χ1n) is 12.8. The van der Waals surface area contributed by atoms with E-state index in [1.54, 1.807) is 0 Å². The van der Waals surface area contributed by atoms with Crippen molar-refractivity contribution >= 4 is 32.7 Å². The molecule has 0 amide bonds. The molecule has 6 heteroatoms.